The van der Waals surface area contributed by atoms with Crippen LogP contribution in [0.25, 0.3) is 0 Å². The van der Waals surface area contributed by atoms with E-state index in [1.54, 1.807) is 6.92 Å². The fourth-order valence-corrected chi connectivity index (χ4v) is 4.68. The summed E-state index contributed by atoms with van der Waals surface area (Å²) in [6.07, 6.45) is 4.01. The molecule has 1 fully saturated rings. The van der Waals surface area contributed by atoms with E-state index in [-0.39, 0.29) is 17.6 Å². The Morgan fingerprint density at radius 3 is 2.57 bits per heavy atom. The molecule has 2 aromatic carbocycles. The highest BCUT2D eigenvalue weighted by Crippen LogP contribution is 2.44. The van der Waals surface area contributed by atoms with Crippen LogP contribution in [0.15, 0.2) is 54.6 Å². The molecule has 148 valence electrons. The maximum atomic E-state index is 11.2. The van der Waals surface area contributed by atoms with Crippen LogP contribution in [0, 0.1) is 0 Å². The van der Waals surface area contributed by atoms with E-state index in [0.717, 1.165) is 45.3 Å². The van der Waals surface area contributed by atoms with E-state index in [1.807, 2.05) is 0 Å². The lowest BCUT2D eigenvalue weighted by Gasteiger charge is -2.47. The summed E-state index contributed by atoms with van der Waals surface area (Å²) in [6.45, 7) is 5.34. The van der Waals surface area contributed by atoms with Gasteiger partial charge in [-0.3, -0.25) is 9.69 Å². The summed E-state index contributed by atoms with van der Waals surface area (Å²) in [4.78, 5) is 13.7. The summed E-state index contributed by atoms with van der Waals surface area (Å²) >= 11 is 0. The van der Waals surface area contributed by atoms with Crippen LogP contribution in [0.4, 0.5) is 0 Å². The first-order valence-electron chi connectivity index (χ1n) is 10.4. The van der Waals surface area contributed by atoms with Crippen LogP contribution in [0.5, 0.6) is 0 Å². The molecule has 0 aromatic heterocycles. The molecule has 1 amide bonds. The lowest BCUT2D eigenvalue weighted by molar-refractivity contribution is -0.142. The Labute approximate surface area is 167 Å². The van der Waals surface area contributed by atoms with Crippen molar-refractivity contribution in [2.24, 2.45) is 0 Å². The van der Waals surface area contributed by atoms with Gasteiger partial charge in [-0.25, -0.2) is 0 Å². The molecule has 0 aliphatic carbocycles. The SMILES string of the molecule is CC(=O)NCCC1Cc2ccccc2C2(CCN(Cc3ccccc3)CC2)O1. The van der Waals surface area contributed by atoms with Crippen LogP contribution in [0.1, 0.15) is 42.9 Å². The molecule has 1 N–H and O–H groups in total. The zero-order valence-electron chi connectivity index (χ0n) is 16.7. The van der Waals surface area contributed by atoms with E-state index >= 15 is 0 Å². The molecule has 4 rings (SSSR count). The van der Waals surface area contributed by atoms with E-state index < -0.39 is 0 Å². The van der Waals surface area contributed by atoms with Crippen LogP contribution in [0.2, 0.25) is 0 Å². The lowest BCUT2D eigenvalue weighted by atomic mass is 9.78. The Bertz CT molecular complexity index is 797. The third kappa shape index (κ3) is 4.29. The van der Waals surface area contributed by atoms with Crippen LogP contribution < -0.4 is 5.32 Å². The molecular formula is C24H30N2O2. The Morgan fingerprint density at radius 2 is 1.82 bits per heavy atom. The van der Waals surface area contributed by atoms with E-state index in [4.69, 9.17) is 4.74 Å². The fraction of sp³-hybridized carbons (Fsp3) is 0.458. The van der Waals surface area contributed by atoms with Gasteiger partial charge in [0.25, 0.3) is 0 Å². The minimum Gasteiger partial charge on any atom is -0.367 e. The summed E-state index contributed by atoms with van der Waals surface area (Å²) in [5.74, 6) is 0.0279. The molecule has 4 heteroatoms. The van der Waals surface area contributed by atoms with Gasteiger partial charge in [-0.05, 0) is 42.4 Å². The van der Waals surface area contributed by atoms with Crippen molar-refractivity contribution < 1.29 is 9.53 Å². The van der Waals surface area contributed by atoms with E-state index in [2.05, 4.69) is 64.8 Å². The molecule has 2 aliphatic heterocycles. The highest BCUT2D eigenvalue weighted by atomic mass is 16.5. The standard InChI is InChI=1S/C24H30N2O2/c1-19(27)25-14-11-22-17-21-9-5-6-10-23(21)24(28-22)12-15-26(16-13-24)18-20-7-3-2-4-8-20/h2-10,22H,11-18H2,1H3,(H,25,27). The van der Waals surface area contributed by atoms with Crippen molar-refractivity contribution in [3.8, 4) is 0 Å². The molecule has 0 bridgehead atoms. The average molecular weight is 379 g/mol. The van der Waals surface area contributed by atoms with Crippen LogP contribution >= 0.6 is 0 Å². The van der Waals surface area contributed by atoms with Gasteiger partial charge in [0, 0.05) is 33.1 Å². The molecule has 4 nitrogen and oxygen atoms in total. The summed E-state index contributed by atoms with van der Waals surface area (Å²) in [5, 5.41) is 2.92. The number of piperidine rings is 1. The monoisotopic (exact) mass is 378 g/mol. The number of benzene rings is 2. The highest BCUT2D eigenvalue weighted by Gasteiger charge is 2.43. The Hall–Kier alpha value is -2.17. The second-order valence-corrected chi connectivity index (χ2v) is 8.13. The van der Waals surface area contributed by atoms with Crippen molar-refractivity contribution in [3.63, 3.8) is 0 Å². The van der Waals surface area contributed by atoms with E-state index in [1.165, 1.54) is 16.7 Å². The third-order valence-corrected chi connectivity index (χ3v) is 6.10. The first-order chi connectivity index (χ1) is 13.6. The summed E-state index contributed by atoms with van der Waals surface area (Å²) < 4.78 is 6.74. The third-order valence-electron chi connectivity index (χ3n) is 6.10. The Balaban J connectivity index is 1.45. The minimum atomic E-state index is -0.178. The molecule has 1 saturated heterocycles. The number of nitrogens with one attached hydrogen (secondary N) is 1. The van der Waals surface area contributed by atoms with Gasteiger partial charge in [-0.2, -0.15) is 0 Å². The predicted molar refractivity (Wildman–Crippen MR) is 111 cm³/mol. The number of likely N-dealkylation sites (tertiary alicyclic amines) is 1. The van der Waals surface area contributed by atoms with E-state index in [9.17, 15) is 4.79 Å². The normalized spacial score (nSPS) is 21.2. The van der Waals surface area contributed by atoms with Crippen LogP contribution in [0.3, 0.4) is 0 Å². The number of carbonyl (C=O) groups is 1. The van der Waals surface area contributed by atoms with Crippen molar-refractivity contribution in [2.75, 3.05) is 19.6 Å². The second kappa shape index (κ2) is 8.46. The molecule has 1 spiro atoms. The zero-order chi connectivity index (χ0) is 19.4. The van der Waals surface area contributed by atoms with Crippen molar-refractivity contribution in [3.05, 3.63) is 71.3 Å². The molecule has 2 heterocycles. The van der Waals surface area contributed by atoms with Crippen molar-refractivity contribution in [2.45, 2.75) is 50.9 Å². The number of carbonyl (C=O) groups excluding carboxylic acids is 1. The van der Waals surface area contributed by atoms with Crippen molar-refractivity contribution in [1.29, 1.82) is 0 Å². The molecule has 1 unspecified atom stereocenters. The van der Waals surface area contributed by atoms with Gasteiger partial charge in [0.1, 0.15) is 0 Å². The maximum absolute atomic E-state index is 11.2. The summed E-state index contributed by atoms with van der Waals surface area (Å²) in [7, 11) is 0. The number of fused-ring (bicyclic) bond motifs is 2. The first-order valence-corrected chi connectivity index (χ1v) is 10.4. The number of ether oxygens (including phenoxy) is 1. The quantitative estimate of drug-likeness (QED) is 0.864. The number of hydrogen-bond donors (Lipinski definition) is 1. The largest absolute Gasteiger partial charge is 0.367 e. The highest BCUT2D eigenvalue weighted by molar-refractivity contribution is 5.72. The van der Waals surface area contributed by atoms with Crippen LogP contribution in [-0.2, 0) is 28.1 Å². The lowest BCUT2D eigenvalue weighted by Crippen LogP contribution is -2.49. The number of amides is 1. The van der Waals surface area contributed by atoms with E-state index in [0.29, 0.717) is 6.54 Å². The van der Waals surface area contributed by atoms with Gasteiger partial charge in [0.15, 0.2) is 0 Å². The summed E-state index contributed by atoms with van der Waals surface area (Å²) in [5.41, 5.74) is 3.99. The number of rotatable bonds is 5. The van der Waals surface area contributed by atoms with Gasteiger partial charge in [-0.15, -0.1) is 0 Å². The van der Waals surface area contributed by atoms with Gasteiger partial charge < -0.3 is 10.1 Å². The van der Waals surface area contributed by atoms with Crippen LogP contribution in [-0.4, -0.2) is 36.5 Å². The molecular weight excluding hydrogens is 348 g/mol. The molecule has 28 heavy (non-hydrogen) atoms. The second-order valence-electron chi connectivity index (χ2n) is 8.13. The Morgan fingerprint density at radius 1 is 1.11 bits per heavy atom. The Kier molecular flexibility index (Phi) is 5.79. The van der Waals surface area contributed by atoms with Gasteiger partial charge in [0.2, 0.25) is 5.91 Å². The fourth-order valence-electron chi connectivity index (χ4n) is 4.68. The zero-order valence-corrected chi connectivity index (χ0v) is 16.7. The predicted octanol–water partition coefficient (Wildman–Crippen LogP) is 3.65. The van der Waals surface area contributed by atoms with Crippen molar-refractivity contribution >= 4 is 5.91 Å². The smallest absolute Gasteiger partial charge is 0.216 e. The van der Waals surface area contributed by atoms with Gasteiger partial charge in [0.05, 0.1) is 11.7 Å². The molecule has 2 aromatic rings. The molecule has 1 atom stereocenters. The number of hydrogen-bond acceptors (Lipinski definition) is 3. The molecule has 0 radical (unpaired) electrons. The van der Waals surface area contributed by atoms with Crippen molar-refractivity contribution in [1.82, 2.24) is 10.2 Å². The topological polar surface area (TPSA) is 41.6 Å². The minimum absolute atomic E-state index is 0.0279. The summed E-state index contributed by atoms with van der Waals surface area (Å²) in [6, 6.07) is 19.5. The molecule has 0 saturated carbocycles. The number of nitrogens with zero attached hydrogens (tertiary/aromatic N) is 1. The maximum Gasteiger partial charge on any atom is 0.216 e. The van der Waals surface area contributed by atoms with Gasteiger partial charge in [-0.1, -0.05) is 54.6 Å². The average Bonchev–Trinajstić information content (AvgIpc) is 2.70. The van der Waals surface area contributed by atoms with Gasteiger partial charge >= 0.3 is 0 Å². The molecule has 2 aliphatic rings. The first kappa shape index (κ1) is 19.2.